The van der Waals surface area contributed by atoms with Gasteiger partial charge in [0.1, 0.15) is 17.9 Å². The molecule has 20 heavy (non-hydrogen) atoms. The van der Waals surface area contributed by atoms with Crippen molar-refractivity contribution < 1.29 is 14.3 Å². The average Bonchev–Trinajstić information content (AvgIpc) is 3.03. The molecule has 2 aliphatic heterocycles. The molecule has 1 fully saturated rings. The number of nitrogens with one attached hydrogen (secondary N) is 1. The SMILES string of the molecule is COC(=O)[C@@H]1C[C@@H](OC2=C[C@@H]3N=C(C)S[C@H]3C=C2)CN1. The first-order valence-electron chi connectivity index (χ1n) is 6.74. The molecule has 0 aromatic carbocycles. The Morgan fingerprint density at radius 1 is 1.55 bits per heavy atom. The smallest absolute Gasteiger partial charge is 0.323 e. The molecular weight excluding hydrogens is 276 g/mol. The summed E-state index contributed by atoms with van der Waals surface area (Å²) >= 11 is 1.79. The van der Waals surface area contributed by atoms with Crippen molar-refractivity contribution in [2.75, 3.05) is 13.7 Å². The fraction of sp³-hybridized carbons (Fsp3) is 0.571. The largest absolute Gasteiger partial charge is 0.489 e. The summed E-state index contributed by atoms with van der Waals surface area (Å²) in [6, 6.07) is -0.0704. The highest BCUT2D eigenvalue weighted by atomic mass is 32.2. The number of carbonyl (C=O) groups is 1. The summed E-state index contributed by atoms with van der Waals surface area (Å²) in [5.74, 6) is 0.624. The summed E-state index contributed by atoms with van der Waals surface area (Å²) in [6.45, 7) is 2.70. The molecule has 1 saturated heterocycles. The van der Waals surface area contributed by atoms with Crippen LogP contribution < -0.4 is 5.32 Å². The molecule has 0 unspecified atom stereocenters. The molecule has 1 aliphatic carbocycles. The van der Waals surface area contributed by atoms with Crippen molar-refractivity contribution in [1.29, 1.82) is 0 Å². The van der Waals surface area contributed by atoms with Gasteiger partial charge in [-0.3, -0.25) is 9.79 Å². The predicted octanol–water partition coefficient (Wildman–Crippen LogP) is 1.26. The third kappa shape index (κ3) is 2.76. The lowest BCUT2D eigenvalue weighted by Gasteiger charge is -2.20. The molecule has 0 aromatic rings. The molecular formula is C14H18N2O3S. The maximum absolute atomic E-state index is 11.4. The van der Waals surface area contributed by atoms with Crippen LogP contribution in [0.4, 0.5) is 0 Å². The van der Waals surface area contributed by atoms with Crippen LogP contribution in [0.3, 0.4) is 0 Å². The number of carbonyl (C=O) groups excluding carboxylic acids is 1. The number of ether oxygens (including phenoxy) is 2. The fourth-order valence-corrected chi connectivity index (χ4v) is 3.68. The lowest BCUT2D eigenvalue weighted by atomic mass is 10.1. The predicted molar refractivity (Wildman–Crippen MR) is 78.8 cm³/mol. The first-order valence-corrected chi connectivity index (χ1v) is 7.62. The minimum Gasteiger partial charge on any atom is -0.489 e. The Morgan fingerprint density at radius 2 is 2.40 bits per heavy atom. The highest BCUT2D eigenvalue weighted by Gasteiger charge is 2.33. The summed E-state index contributed by atoms with van der Waals surface area (Å²) in [6.07, 6.45) is 6.87. The second kappa shape index (κ2) is 5.61. The Morgan fingerprint density at radius 3 is 3.20 bits per heavy atom. The van der Waals surface area contributed by atoms with Crippen LogP contribution in [0.5, 0.6) is 0 Å². The molecule has 4 atom stereocenters. The van der Waals surface area contributed by atoms with Gasteiger partial charge in [0.05, 0.1) is 23.4 Å². The van der Waals surface area contributed by atoms with E-state index in [0.717, 1.165) is 10.8 Å². The average molecular weight is 294 g/mol. The molecule has 3 rings (SSSR count). The molecule has 5 nitrogen and oxygen atoms in total. The van der Waals surface area contributed by atoms with E-state index >= 15 is 0 Å². The molecule has 0 spiro atoms. The maximum atomic E-state index is 11.4. The Bertz CT molecular complexity index is 501. The normalized spacial score (nSPS) is 35.3. The third-order valence-corrected chi connectivity index (χ3v) is 4.79. The van der Waals surface area contributed by atoms with Gasteiger partial charge in [-0.1, -0.05) is 6.08 Å². The number of hydrogen-bond acceptors (Lipinski definition) is 6. The second-order valence-electron chi connectivity index (χ2n) is 5.11. The minimum atomic E-state index is -0.256. The van der Waals surface area contributed by atoms with Crippen molar-refractivity contribution in [1.82, 2.24) is 5.32 Å². The van der Waals surface area contributed by atoms with Gasteiger partial charge in [-0.05, 0) is 19.1 Å². The second-order valence-corrected chi connectivity index (χ2v) is 6.48. The van der Waals surface area contributed by atoms with E-state index in [1.807, 2.05) is 13.0 Å². The van der Waals surface area contributed by atoms with Gasteiger partial charge >= 0.3 is 5.97 Å². The number of fused-ring (bicyclic) bond motifs is 1. The Labute approximate surface area is 122 Å². The number of thioether (sulfide) groups is 1. The highest BCUT2D eigenvalue weighted by molar-refractivity contribution is 8.14. The van der Waals surface area contributed by atoms with Gasteiger partial charge in [0, 0.05) is 13.0 Å². The molecule has 0 aromatic heterocycles. The van der Waals surface area contributed by atoms with Crippen molar-refractivity contribution in [2.24, 2.45) is 4.99 Å². The maximum Gasteiger partial charge on any atom is 0.323 e. The zero-order valence-electron chi connectivity index (χ0n) is 11.5. The van der Waals surface area contributed by atoms with E-state index in [9.17, 15) is 4.79 Å². The van der Waals surface area contributed by atoms with Gasteiger partial charge in [-0.25, -0.2) is 0 Å². The molecule has 0 amide bonds. The first kappa shape index (κ1) is 13.7. The highest BCUT2D eigenvalue weighted by Crippen LogP contribution is 2.33. The number of allylic oxidation sites excluding steroid dienone is 1. The number of methoxy groups -OCH3 is 1. The number of nitrogens with zero attached hydrogens (tertiary/aromatic N) is 1. The summed E-state index contributed by atoms with van der Waals surface area (Å²) in [5, 5.41) is 4.65. The van der Waals surface area contributed by atoms with Gasteiger partial charge in [0.25, 0.3) is 0 Å². The van der Waals surface area contributed by atoms with E-state index in [2.05, 4.69) is 22.5 Å². The first-order chi connectivity index (χ1) is 9.65. The van der Waals surface area contributed by atoms with Crippen LogP contribution in [-0.2, 0) is 14.3 Å². The lowest BCUT2D eigenvalue weighted by Crippen LogP contribution is -2.31. The van der Waals surface area contributed by atoms with Crippen LogP contribution in [0, 0.1) is 0 Å². The van der Waals surface area contributed by atoms with Crippen LogP contribution in [0.15, 0.2) is 29.0 Å². The number of esters is 1. The molecule has 0 saturated carbocycles. The number of hydrogen-bond donors (Lipinski definition) is 1. The Kier molecular flexibility index (Phi) is 3.85. The molecule has 0 bridgehead atoms. The quantitative estimate of drug-likeness (QED) is 0.794. The van der Waals surface area contributed by atoms with E-state index in [-0.39, 0.29) is 24.2 Å². The zero-order chi connectivity index (χ0) is 14.1. The monoisotopic (exact) mass is 294 g/mol. The summed E-state index contributed by atoms with van der Waals surface area (Å²) in [7, 11) is 1.41. The van der Waals surface area contributed by atoms with E-state index < -0.39 is 0 Å². The Balaban J connectivity index is 1.58. The molecule has 3 aliphatic rings. The van der Waals surface area contributed by atoms with Crippen molar-refractivity contribution in [2.45, 2.75) is 36.8 Å². The van der Waals surface area contributed by atoms with E-state index in [0.29, 0.717) is 18.2 Å². The molecule has 108 valence electrons. The lowest BCUT2D eigenvalue weighted by molar-refractivity contribution is -0.142. The van der Waals surface area contributed by atoms with Gasteiger partial charge in [-0.2, -0.15) is 0 Å². The Hall–Kier alpha value is -1.27. The molecule has 1 N–H and O–H groups in total. The third-order valence-electron chi connectivity index (χ3n) is 3.64. The van der Waals surface area contributed by atoms with Crippen LogP contribution in [0.2, 0.25) is 0 Å². The molecule has 6 heteroatoms. The van der Waals surface area contributed by atoms with Crippen molar-refractivity contribution in [3.63, 3.8) is 0 Å². The van der Waals surface area contributed by atoms with E-state index in [1.165, 1.54) is 7.11 Å². The standard InChI is InChI=1S/C14H18N2O3S/c1-8-16-11-5-9(3-4-13(11)20-8)19-10-6-12(15-7-10)14(17)18-2/h3-5,10-13,15H,6-7H2,1-2H3/t10-,11+,12+,13+/m1/s1. The van der Waals surface area contributed by atoms with Crippen molar-refractivity contribution in [3.05, 3.63) is 24.0 Å². The van der Waals surface area contributed by atoms with Gasteiger partial charge in [-0.15, -0.1) is 11.8 Å². The minimum absolute atomic E-state index is 0.00526. The molecule has 0 radical (unpaired) electrons. The van der Waals surface area contributed by atoms with Crippen molar-refractivity contribution >= 4 is 22.8 Å². The topological polar surface area (TPSA) is 59.9 Å². The summed E-state index contributed by atoms with van der Waals surface area (Å²) in [4.78, 5) is 16.0. The number of aliphatic imine (C=N–C) groups is 1. The van der Waals surface area contributed by atoms with Crippen molar-refractivity contribution in [3.8, 4) is 0 Å². The zero-order valence-corrected chi connectivity index (χ0v) is 12.4. The summed E-state index contributed by atoms with van der Waals surface area (Å²) < 4.78 is 10.7. The number of rotatable bonds is 3. The summed E-state index contributed by atoms with van der Waals surface area (Å²) in [5.41, 5.74) is 0. The molecule has 2 heterocycles. The van der Waals surface area contributed by atoms with Gasteiger partial charge in [0.15, 0.2) is 0 Å². The van der Waals surface area contributed by atoms with Gasteiger partial charge < -0.3 is 14.8 Å². The van der Waals surface area contributed by atoms with Crippen LogP contribution >= 0.6 is 11.8 Å². The van der Waals surface area contributed by atoms with E-state index in [4.69, 9.17) is 9.47 Å². The van der Waals surface area contributed by atoms with E-state index in [1.54, 1.807) is 11.8 Å². The van der Waals surface area contributed by atoms with Crippen LogP contribution in [0.25, 0.3) is 0 Å². The fourth-order valence-electron chi connectivity index (χ4n) is 2.67. The van der Waals surface area contributed by atoms with Crippen LogP contribution in [0.1, 0.15) is 13.3 Å². The van der Waals surface area contributed by atoms with Crippen LogP contribution in [-0.4, -0.2) is 48.1 Å². The van der Waals surface area contributed by atoms with Gasteiger partial charge in [0.2, 0.25) is 0 Å².